The summed E-state index contributed by atoms with van der Waals surface area (Å²) >= 11 is -0.700. The second kappa shape index (κ2) is 17.4. The van der Waals surface area contributed by atoms with Crippen molar-refractivity contribution in [2.24, 2.45) is 0 Å². The maximum absolute atomic E-state index is 15.1. The molecule has 5 aromatic rings. The minimum Gasteiger partial charge on any atom is -0.202 e. The van der Waals surface area contributed by atoms with Crippen LogP contribution in [0.3, 0.4) is 0 Å². The standard InChI is InChI=1S/C31ClF23S5/c32-31(55,59-29-9(41)5(37)2(34)6(38)10(29)42)60-30-21(53)19(51)28(20(52)22(30)54)58-27-17(49)15(47)26(16(48)18(27)50)57-25-13(45)11(43)24(12(44)14(25)46)56-23-7(39)3(35)1(33)4(36)8(23)40. The van der Waals surface area contributed by atoms with E-state index in [0.29, 0.717) is 0 Å². The first-order valence-corrected chi connectivity index (χ1v) is 18.5. The molecule has 1 atom stereocenters. The number of benzene rings is 5. The van der Waals surface area contributed by atoms with E-state index >= 15 is 22.0 Å². The summed E-state index contributed by atoms with van der Waals surface area (Å²) in [5.74, 6) is -60.5. The number of halogens is 24. The molecule has 0 aromatic heterocycles. The average molecular weight is 1010 g/mol. The van der Waals surface area contributed by atoms with Crippen molar-refractivity contribution in [3.8, 4) is 0 Å². The van der Waals surface area contributed by atoms with E-state index in [9.17, 15) is 79.0 Å². The van der Waals surface area contributed by atoms with Gasteiger partial charge in [-0.15, -0.1) is 0 Å². The summed E-state index contributed by atoms with van der Waals surface area (Å²) in [7, 11) is 0. The van der Waals surface area contributed by atoms with E-state index in [1.807, 2.05) is 0 Å². The number of hydrogen-bond donors (Lipinski definition) is 0. The van der Waals surface area contributed by atoms with Crippen molar-refractivity contribution in [3.63, 3.8) is 0 Å². The summed E-state index contributed by atoms with van der Waals surface area (Å²) in [6.45, 7) is 0. The second-order valence-electron chi connectivity index (χ2n) is 10.5. The van der Waals surface area contributed by atoms with E-state index in [0.717, 1.165) is 0 Å². The van der Waals surface area contributed by atoms with Gasteiger partial charge in [-0.2, -0.15) is 0 Å². The van der Waals surface area contributed by atoms with E-state index in [1.54, 1.807) is 0 Å². The van der Waals surface area contributed by atoms with Gasteiger partial charge < -0.3 is 0 Å². The van der Waals surface area contributed by atoms with Gasteiger partial charge in [-0.1, -0.05) is 70.4 Å². The zero-order chi connectivity index (χ0) is 45.4. The highest BCUT2D eigenvalue weighted by Crippen LogP contribution is 2.54. The fourth-order valence-electron chi connectivity index (χ4n) is 4.23. The van der Waals surface area contributed by atoms with Gasteiger partial charge in [0.2, 0.25) is 11.6 Å². The normalized spacial score (nSPS) is 12.8. The van der Waals surface area contributed by atoms with Crippen LogP contribution in [0.4, 0.5) is 101 Å². The van der Waals surface area contributed by atoms with Crippen molar-refractivity contribution in [2.75, 3.05) is 0 Å². The molecule has 0 aliphatic carbocycles. The molecular weight excluding hydrogens is 1010 g/mol. The van der Waals surface area contributed by atoms with Gasteiger partial charge in [-0.3, -0.25) is 0 Å². The van der Waals surface area contributed by atoms with Crippen molar-refractivity contribution in [3.05, 3.63) is 128 Å². The van der Waals surface area contributed by atoms with Crippen LogP contribution in [0.25, 0.3) is 0 Å². The molecule has 1 unspecified atom stereocenters. The molecule has 0 N–H and O–H groups in total. The molecule has 0 fully saturated rings. The molecule has 0 amide bonds. The zero-order valence-electron chi connectivity index (χ0n) is 26.6. The maximum Gasteiger partial charge on any atom is 0.285 e. The molecule has 60 heavy (non-hydrogen) atoms. The van der Waals surface area contributed by atoms with Gasteiger partial charge in [0.05, 0.1) is 39.2 Å². The monoisotopic (exact) mass is 1000 g/mol. The maximum atomic E-state index is 15.1. The molecule has 0 saturated heterocycles. The lowest BCUT2D eigenvalue weighted by molar-refractivity contribution is 0.360. The van der Waals surface area contributed by atoms with Crippen LogP contribution in [0, 0.1) is 128 Å². The lowest BCUT2D eigenvalue weighted by atomic mass is 10.3. The molecular formula is C31ClF23S5. The Bertz CT molecular complexity index is 2510. The summed E-state index contributed by atoms with van der Waals surface area (Å²) < 4.78 is 327. The minimum absolute atomic E-state index is 1.11. The van der Waals surface area contributed by atoms with Crippen LogP contribution in [-0.4, -0.2) is 3.79 Å². The van der Waals surface area contributed by atoms with Gasteiger partial charge >= 0.3 is 0 Å². The third-order valence-electron chi connectivity index (χ3n) is 6.94. The molecule has 0 radical (unpaired) electrons. The summed E-state index contributed by atoms with van der Waals surface area (Å²) in [6.07, 6.45) is 0. The Kier molecular flexibility index (Phi) is 13.8. The Morgan fingerprint density at radius 3 is 0.517 bits per heavy atom. The fraction of sp³-hybridized carbons (Fsp3) is 0.0323. The molecule has 322 valence electrons. The fourth-order valence-corrected chi connectivity index (χ4v) is 9.31. The molecule has 5 rings (SSSR count). The molecule has 0 heterocycles. The molecule has 0 saturated carbocycles. The Labute approximate surface area is 341 Å². The Hall–Kier alpha value is -3.47. The van der Waals surface area contributed by atoms with Gasteiger partial charge in [0, 0.05) is 0 Å². The zero-order valence-corrected chi connectivity index (χ0v) is 31.5. The van der Waals surface area contributed by atoms with Crippen LogP contribution in [0.2, 0.25) is 0 Å². The highest BCUT2D eigenvalue weighted by molar-refractivity contribution is 8.19. The lowest BCUT2D eigenvalue weighted by Crippen LogP contribution is -2.11. The molecule has 0 aliphatic rings. The first-order chi connectivity index (χ1) is 27.7. The van der Waals surface area contributed by atoms with E-state index < -0.39 is 230 Å². The molecule has 0 aliphatic heterocycles. The second-order valence-corrected chi connectivity index (χ2v) is 17.2. The molecule has 0 spiro atoms. The van der Waals surface area contributed by atoms with E-state index in [2.05, 4.69) is 0 Å². The molecule has 0 nitrogen and oxygen atoms in total. The largest absolute Gasteiger partial charge is 0.285 e. The Balaban J connectivity index is 1.50. The first kappa shape index (κ1) is 47.6. The highest BCUT2D eigenvalue weighted by atomic mass is 35.5. The van der Waals surface area contributed by atoms with Gasteiger partial charge in [-0.25, -0.2) is 101 Å². The lowest BCUT2D eigenvalue weighted by Gasteiger charge is -2.19. The van der Waals surface area contributed by atoms with Gasteiger partial charge in [0.1, 0.15) is 0 Å². The van der Waals surface area contributed by atoms with Gasteiger partial charge in [0.15, 0.2) is 116 Å². The van der Waals surface area contributed by atoms with Crippen LogP contribution >= 0.6 is 70.4 Å². The van der Waals surface area contributed by atoms with E-state index in [4.69, 9.17) is 11.6 Å². The van der Waals surface area contributed by atoms with Crippen molar-refractivity contribution >= 4 is 70.4 Å². The third kappa shape index (κ3) is 8.14. The number of rotatable bonds is 10. The minimum atomic E-state index is -4.20. The van der Waals surface area contributed by atoms with Gasteiger partial charge in [0.25, 0.3) is 3.79 Å². The molecule has 5 aromatic carbocycles. The smallest absolute Gasteiger partial charge is 0.202 e. The summed E-state index contributed by atoms with van der Waals surface area (Å²) in [5.41, 5.74) is 0. The topological polar surface area (TPSA) is 0 Å². The van der Waals surface area contributed by atoms with Crippen molar-refractivity contribution in [2.45, 2.75) is 43.0 Å². The first-order valence-electron chi connectivity index (χ1n) is 14.1. The van der Waals surface area contributed by atoms with E-state index in [1.165, 1.54) is 0 Å². The van der Waals surface area contributed by atoms with Crippen LogP contribution in [0.1, 0.15) is 0 Å². The number of alkyl halides is 2. The highest BCUT2D eigenvalue weighted by Gasteiger charge is 2.41. The Morgan fingerprint density at radius 1 is 0.217 bits per heavy atom. The van der Waals surface area contributed by atoms with Crippen molar-refractivity contribution in [1.29, 1.82) is 0 Å². The Morgan fingerprint density at radius 2 is 0.333 bits per heavy atom. The summed E-state index contributed by atoms with van der Waals surface area (Å²) in [4.78, 5) is -17.6. The molecule has 29 heteroatoms. The van der Waals surface area contributed by atoms with Crippen molar-refractivity contribution < 1.29 is 101 Å². The SMILES string of the molecule is Fc1c(F)c(F)c(Sc2c(F)c(F)c(Sc3c(F)c(F)c(Sc4c(F)c(F)c(SC(F)(Cl)Sc5c(F)c(F)c(F)c(F)c5F)c(F)c4F)c(F)c3F)c(F)c2F)c(F)c1F. The predicted octanol–water partition coefficient (Wildman–Crippen LogP) is 14.9. The van der Waals surface area contributed by atoms with Crippen LogP contribution < -0.4 is 0 Å². The van der Waals surface area contributed by atoms with Gasteiger partial charge in [-0.05, 0) is 0 Å². The summed E-state index contributed by atoms with van der Waals surface area (Å²) in [5, 5.41) is 0. The quantitative estimate of drug-likeness (QED) is 0.0340. The third-order valence-corrected chi connectivity index (χ3v) is 12.9. The van der Waals surface area contributed by atoms with Crippen molar-refractivity contribution in [1.82, 2.24) is 0 Å². The van der Waals surface area contributed by atoms with Crippen LogP contribution in [0.15, 0.2) is 39.2 Å². The number of hydrogen-bond acceptors (Lipinski definition) is 5. The summed E-state index contributed by atoms with van der Waals surface area (Å²) in [6, 6.07) is 0. The number of thioether (sulfide) groups is 2. The predicted molar refractivity (Wildman–Crippen MR) is 165 cm³/mol. The van der Waals surface area contributed by atoms with E-state index in [-0.39, 0.29) is 0 Å². The van der Waals surface area contributed by atoms with Crippen LogP contribution in [0.5, 0.6) is 0 Å². The van der Waals surface area contributed by atoms with Crippen LogP contribution in [-0.2, 0) is 0 Å². The average Bonchev–Trinajstić information content (AvgIpc) is 3.21. The molecule has 0 bridgehead atoms.